The van der Waals surface area contributed by atoms with E-state index in [1.807, 2.05) is 12.3 Å². The van der Waals surface area contributed by atoms with Gasteiger partial charge in [-0.15, -0.1) is 0 Å². The Balaban J connectivity index is 2.52. The number of hydrogen-bond acceptors (Lipinski definition) is 3. The maximum absolute atomic E-state index is 6.11. The van der Waals surface area contributed by atoms with Crippen molar-refractivity contribution >= 4 is 21.6 Å². The molecule has 0 spiro atoms. The predicted octanol–water partition coefficient (Wildman–Crippen LogP) is 3.74. The van der Waals surface area contributed by atoms with E-state index in [4.69, 9.17) is 5.73 Å². The lowest BCUT2D eigenvalue weighted by molar-refractivity contribution is 0.629. The van der Waals surface area contributed by atoms with Crippen LogP contribution in [0.5, 0.6) is 0 Å². The second-order valence-corrected chi connectivity index (χ2v) is 5.76. The molecular weight excluding hydrogens is 314 g/mol. The topological polar surface area (TPSA) is 50.9 Å². The number of anilines is 1. The monoisotopic (exact) mass is 333 g/mol. The van der Waals surface area contributed by atoms with Crippen molar-refractivity contribution in [1.29, 1.82) is 0 Å². The zero-order chi connectivity index (χ0) is 14.7. The molecule has 106 valence electrons. The largest absolute Gasteiger partial charge is 0.398 e. The first-order valence-corrected chi connectivity index (χ1v) is 7.53. The van der Waals surface area contributed by atoms with Crippen LogP contribution in [0.2, 0.25) is 0 Å². The Morgan fingerprint density at radius 3 is 2.50 bits per heavy atom. The number of benzene rings is 1. The summed E-state index contributed by atoms with van der Waals surface area (Å²) >= 11 is 3.61. The quantitative estimate of drug-likeness (QED) is 0.895. The molecule has 1 atom stereocenters. The van der Waals surface area contributed by atoms with E-state index in [1.54, 1.807) is 6.20 Å². The van der Waals surface area contributed by atoms with Crippen molar-refractivity contribution in [2.24, 2.45) is 0 Å². The van der Waals surface area contributed by atoms with Gasteiger partial charge in [-0.05, 0) is 43.1 Å². The molecule has 2 aromatic rings. The summed E-state index contributed by atoms with van der Waals surface area (Å²) in [6.45, 7) is 7.18. The van der Waals surface area contributed by atoms with Crippen LogP contribution in [0.25, 0.3) is 0 Å². The Hall–Kier alpha value is -1.39. The van der Waals surface area contributed by atoms with Gasteiger partial charge in [0.2, 0.25) is 0 Å². The van der Waals surface area contributed by atoms with Gasteiger partial charge in [0.05, 0.1) is 6.04 Å². The van der Waals surface area contributed by atoms with Crippen LogP contribution >= 0.6 is 15.9 Å². The predicted molar refractivity (Wildman–Crippen MR) is 87.8 cm³/mol. The first kappa shape index (κ1) is 15.0. The zero-order valence-electron chi connectivity index (χ0n) is 12.1. The summed E-state index contributed by atoms with van der Waals surface area (Å²) in [4.78, 5) is 4.21. The summed E-state index contributed by atoms with van der Waals surface area (Å²) in [5.41, 5.74) is 11.6. The summed E-state index contributed by atoms with van der Waals surface area (Å²) in [5.74, 6) is 0. The second-order valence-electron chi connectivity index (χ2n) is 4.96. The number of nitrogens with zero attached hydrogens (tertiary/aromatic N) is 1. The molecule has 0 aliphatic rings. The lowest BCUT2D eigenvalue weighted by Crippen LogP contribution is -2.23. The molecule has 0 radical (unpaired) electrons. The van der Waals surface area contributed by atoms with E-state index in [1.165, 1.54) is 16.7 Å². The molecule has 4 heteroatoms. The van der Waals surface area contributed by atoms with E-state index in [0.717, 1.165) is 22.3 Å². The smallest absolute Gasteiger partial charge is 0.0612 e. The molecule has 1 unspecified atom stereocenters. The van der Waals surface area contributed by atoms with Crippen LogP contribution in [0, 0.1) is 13.8 Å². The van der Waals surface area contributed by atoms with Crippen molar-refractivity contribution in [3.05, 3.63) is 57.3 Å². The number of nitrogen functional groups attached to an aromatic ring is 1. The molecule has 0 saturated carbocycles. The number of aryl methyl sites for hydroxylation is 2. The number of nitrogens with two attached hydrogens (primary N) is 1. The zero-order valence-corrected chi connectivity index (χ0v) is 13.7. The molecule has 1 aromatic heterocycles. The van der Waals surface area contributed by atoms with Gasteiger partial charge in [0, 0.05) is 28.1 Å². The van der Waals surface area contributed by atoms with E-state index >= 15 is 0 Å². The molecule has 3 nitrogen and oxygen atoms in total. The third-order valence-electron chi connectivity index (χ3n) is 3.40. The first-order chi connectivity index (χ1) is 9.54. The SMILES string of the molecule is CCNC(c1cc(C)c(Br)c(C)c1)c1cnccc1N. The minimum Gasteiger partial charge on any atom is -0.398 e. The Bertz CT molecular complexity index is 587. The van der Waals surface area contributed by atoms with Crippen molar-refractivity contribution in [2.75, 3.05) is 12.3 Å². The molecule has 0 aliphatic carbocycles. The fourth-order valence-electron chi connectivity index (χ4n) is 2.42. The van der Waals surface area contributed by atoms with E-state index in [-0.39, 0.29) is 6.04 Å². The number of nitrogens with one attached hydrogen (secondary N) is 1. The van der Waals surface area contributed by atoms with Crippen LogP contribution in [0.15, 0.2) is 35.1 Å². The molecule has 0 bridgehead atoms. The van der Waals surface area contributed by atoms with Gasteiger partial charge in [-0.3, -0.25) is 4.98 Å². The van der Waals surface area contributed by atoms with Gasteiger partial charge in [-0.1, -0.05) is 35.0 Å². The number of halogens is 1. The van der Waals surface area contributed by atoms with E-state index in [0.29, 0.717) is 0 Å². The number of pyridine rings is 1. The molecule has 2 rings (SSSR count). The first-order valence-electron chi connectivity index (χ1n) is 6.74. The highest BCUT2D eigenvalue weighted by Crippen LogP contribution is 2.30. The van der Waals surface area contributed by atoms with Gasteiger partial charge in [0.15, 0.2) is 0 Å². The van der Waals surface area contributed by atoms with Crippen LogP contribution in [-0.4, -0.2) is 11.5 Å². The molecule has 0 aliphatic heterocycles. The van der Waals surface area contributed by atoms with E-state index < -0.39 is 0 Å². The highest BCUT2D eigenvalue weighted by atomic mass is 79.9. The fourth-order valence-corrected chi connectivity index (χ4v) is 2.65. The number of aromatic nitrogens is 1. The van der Waals surface area contributed by atoms with E-state index in [2.05, 4.69) is 59.1 Å². The summed E-state index contributed by atoms with van der Waals surface area (Å²) in [6.07, 6.45) is 3.56. The molecule has 0 fully saturated rings. The Kier molecular flexibility index (Phi) is 4.78. The molecule has 3 N–H and O–H groups in total. The summed E-state index contributed by atoms with van der Waals surface area (Å²) < 4.78 is 1.16. The Morgan fingerprint density at radius 1 is 1.30 bits per heavy atom. The summed E-state index contributed by atoms with van der Waals surface area (Å²) in [5, 5.41) is 3.49. The molecule has 1 heterocycles. The molecule has 0 amide bonds. The third kappa shape index (κ3) is 3.02. The normalized spacial score (nSPS) is 12.4. The summed E-state index contributed by atoms with van der Waals surface area (Å²) in [7, 11) is 0. The van der Waals surface area contributed by atoms with Gasteiger partial charge >= 0.3 is 0 Å². The van der Waals surface area contributed by atoms with Crippen molar-refractivity contribution in [1.82, 2.24) is 10.3 Å². The lowest BCUT2D eigenvalue weighted by atomic mass is 9.95. The molecule has 20 heavy (non-hydrogen) atoms. The lowest BCUT2D eigenvalue weighted by Gasteiger charge is -2.21. The Morgan fingerprint density at radius 2 is 1.95 bits per heavy atom. The van der Waals surface area contributed by atoms with Crippen LogP contribution in [0.4, 0.5) is 5.69 Å². The number of rotatable bonds is 4. The van der Waals surface area contributed by atoms with Gasteiger partial charge in [-0.25, -0.2) is 0 Å². The molecule has 0 saturated heterocycles. The van der Waals surface area contributed by atoms with Crippen molar-refractivity contribution in [2.45, 2.75) is 26.8 Å². The van der Waals surface area contributed by atoms with Gasteiger partial charge < -0.3 is 11.1 Å². The average Bonchev–Trinajstić information content (AvgIpc) is 2.43. The van der Waals surface area contributed by atoms with E-state index in [9.17, 15) is 0 Å². The second kappa shape index (κ2) is 6.37. The Labute approximate surface area is 128 Å². The minimum absolute atomic E-state index is 0.0687. The highest BCUT2D eigenvalue weighted by molar-refractivity contribution is 9.10. The van der Waals surface area contributed by atoms with Gasteiger partial charge in [0.25, 0.3) is 0 Å². The maximum atomic E-state index is 6.11. The third-order valence-corrected chi connectivity index (χ3v) is 4.65. The maximum Gasteiger partial charge on any atom is 0.0612 e. The van der Waals surface area contributed by atoms with Crippen LogP contribution in [0.3, 0.4) is 0 Å². The van der Waals surface area contributed by atoms with Crippen molar-refractivity contribution < 1.29 is 0 Å². The van der Waals surface area contributed by atoms with Gasteiger partial charge in [-0.2, -0.15) is 0 Å². The fraction of sp³-hybridized carbons (Fsp3) is 0.312. The van der Waals surface area contributed by atoms with Crippen LogP contribution in [0.1, 0.15) is 35.2 Å². The minimum atomic E-state index is 0.0687. The highest BCUT2D eigenvalue weighted by Gasteiger charge is 2.17. The van der Waals surface area contributed by atoms with Gasteiger partial charge in [0.1, 0.15) is 0 Å². The molecular formula is C16H20BrN3. The molecule has 1 aromatic carbocycles. The summed E-state index contributed by atoms with van der Waals surface area (Å²) in [6, 6.07) is 6.30. The van der Waals surface area contributed by atoms with Crippen molar-refractivity contribution in [3.8, 4) is 0 Å². The van der Waals surface area contributed by atoms with Crippen molar-refractivity contribution in [3.63, 3.8) is 0 Å². The number of hydrogen-bond donors (Lipinski definition) is 2. The standard InChI is InChI=1S/C16H20BrN3/c1-4-20-16(13-9-19-6-5-14(13)18)12-7-10(2)15(17)11(3)8-12/h5-9,16,20H,4H2,1-3H3,(H2,18,19). The average molecular weight is 334 g/mol. The van der Waals surface area contributed by atoms with Crippen LogP contribution < -0.4 is 11.1 Å². The van der Waals surface area contributed by atoms with Crippen LogP contribution in [-0.2, 0) is 0 Å².